The van der Waals surface area contributed by atoms with Gasteiger partial charge in [0.05, 0.1) is 10.8 Å². The summed E-state index contributed by atoms with van der Waals surface area (Å²) in [7, 11) is 2.47. The number of anilines is 1. The Balaban J connectivity index is 3.19. The van der Waals surface area contributed by atoms with Gasteiger partial charge in [0, 0.05) is 26.4 Å². The van der Waals surface area contributed by atoms with E-state index in [4.69, 9.17) is 11.6 Å². The van der Waals surface area contributed by atoms with Gasteiger partial charge in [0.2, 0.25) is 5.16 Å². The number of nitrogens with zero attached hydrogens (tertiary/aromatic N) is 3. The summed E-state index contributed by atoms with van der Waals surface area (Å²) in [5, 5.41) is 0.570. The van der Waals surface area contributed by atoms with E-state index in [1.54, 1.807) is 11.0 Å². The number of halogens is 1. The van der Waals surface area contributed by atoms with Crippen LogP contribution in [0.3, 0.4) is 0 Å². The molecule has 72 valence electrons. The predicted molar refractivity (Wildman–Crippen MR) is 53.7 cm³/mol. The molecule has 0 spiro atoms. The van der Waals surface area contributed by atoms with Crippen LogP contribution < -0.4 is 4.90 Å². The molecule has 0 aliphatic carbocycles. The van der Waals surface area contributed by atoms with Crippen molar-refractivity contribution in [2.45, 2.75) is 5.16 Å². The molecule has 1 heterocycles. The first kappa shape index (κ1) is 10.4. The minimum absolute atomic E-state index is 0.260. The lowest BCUT2D eigenvalue weighted by Crippen LogP contribution is -2.12. The van der Waals surface area contributed by atoms with E-state index in [1.165, 1.54) is 6.26 Å². The van der Waals surface area contributed by atoms with Crippen LogP contribution in [0.5, 0.6) is 0 Å². The van der Waals surface area contributed by atoms with Gasteiger partial charge in [0.1, 0.15) is 11.0 Å². The molecule has 0 aliphatic rings. The zero-order chi connectivity index (χ0) is 10.0. The third-order valence-electron chi connectivity index (χ3n) is 1.38. The second-order valence-corrected chi connectivity index (χ2v) is 4.34. The zero-order valence-corrected chi connectivity index (χ0v) is 9.19. The van der Waals surface area contributed by atoms with E-state index in [0.29, 0.717) is 11.0 Å². The zero-order valence-electron chi connectivity index (χ0n) is 7.61. The van der Waals surface area contributed by atoms with E-state index in [0.717, 1.165) is 0 Å². The van der Waals surface area contributed by atoms with Crippen molar-refractivity contribution in [2.24, 2.45) is 0 Å². The fraction of sp³-hybridized carbons (Fsp3) is 0.429. The highest BCUT2D eigenvalue weighted by atomic mass is 35.5. The van der Waals surface area contributed by atoms with E-state index < -0.39 is 10.8 Å². The molecule has 0 amide bonds. The fourth-order valence-corrected chi connectivity index (χ4v) is 1.42. The van der Waals surface area contributed by atoms with Gasteiger partial charge in [0.25, 0.3) is 0 Å². The molecule has 0 bridgehead atoms. The van der Waals surface area contributed by atoms with E-state index in [1.807, 2.05) is 14.1 Å². The summed E-state index contributed by atoms with van der Waals surface area (Å²) < 4.78 is 11.1. The third-order valence-corrected chi connectivity index (χ3v) is 2.27. The van der Waals surface area contributed by atoms with Gasteiger partial charge < -0.3 is 4.90 Å². The standard InChI is InChI=1S/C7H10ClN3OS/c1-11(2)6-4-5(8)9-7(10-6)13(3)12/h4H,1-3H3. The van der Waals surface area contributed by atoms with Crippen molar-refractivity contribution in [3.05, 3.63) is 11.2 Å². The number of aromatic nitrogens is 2. The van der Waals surface area contributed by atoms with Gasteiger partial charge in [0.15, 0.2) is 0 Å². The molecule has 1 aromatic rings. The highest BCUT2D eigenvalue weighted by Crippen LogP contribution is 2.14. The molecule has 4 nitrogen and oxygen atoms in total. The molecule has 1 atom stereocenters. The topological polar surface area (TPSA) is 46.1 Å². The van der Waals surface area contributed by atoms with Gasteiger partial charge in [-0.3, -0.25) is 4.21 Å². The summed E-state index contributed by atoms with van der Waals surface area (Å²) in [5.74, 6) is 0.658. The molecule has 13 heavy (non-hydrogen) atoms. The van der Waals surface area contributed by atoms with Crippen LogP contribution in [0.4, 0.5) is 5.82 Å². The molecule has 0 saturated carbocycles. The first-order chi connectivity index (χ1) is 6.00. The molecule has 1 rings (SSSR count). The van der Waals surface area contributed by atoms with Crippen molar-refractivity contribution in [1.29, 1.82) is 0 Å². The largest absolute Gasteiger partial charge is 0.363 e. The lowest BCUT2D eigenvalue weighted by Gasteiger charge is -2.11. The Kier molecular flexibility index (Phi) is 3.22. The molecule has 0 aliphatic heterocycles. The molecule has 0 radical (unpaired) electrons. The van der Waals surface area contributed by atoms with Crippen molar-refractivity contribution < 1.29 is 4.21 Å². The van der Waals surface area contributed by atoms with Crippen LogP contribution in [0.15, 0.2) is 11.2 Å². The second-order valence-electron chi connectivity index (χ2n) is 2.68. The van der Waals surface area contributed by atoms with Gasteiger partial charge in [-0.05, 0) is 0 Å². The van der Waals surface area contributed by atoms with Crippen LogP contribution in [0.1, 0.15) is 0 Å². The van der Waals surface area contributed by atoms with E-state index in [9.17, 15) is 4.21 Å². The third kappa shape index (κ3) is 2.63. The Bertz CT molecular complexity index is 343. The lowest BCUT2D eigenvalue weighted by atomic mass is 10.5. The summed E-state index contributed by atoms with van der Waals surface area (Å²) in [6.45, 7) is 0. The van der Waals surface area contributed by atoms with Crippen LogP contribution >= 0.6 is 11.6 Å². The number of rotatable bonds is 2. The second kappa shape index (κ2) is 4.02. The number of hydrogen-bond acceptors (Lipinski definition) is 4. The van der Waals surface area contributed by atoms with Gasteiger partial charge in [-0.25, -0.2) is 9.97 Å². The first-order valence-corrected chi connectivity index (χ1v) is 5.49. The van der Waals surface area contributed by atoms with Crippen LogP contribution in [0.25, 0.3) is 0 Å². The van der Waals surface area contributed by atoms with Crippen molar-refractivity contribution in [2.75, 3.05) is 25.3 Å². The van der Waals surface area contributed by atoms with Gasteiger partial charge in [-0.2, -0.15) is 0 Å². The Hall–Kier alpha value is -0.680. The Labute approximate surface area is 84.4 Å². The molecule has 1 aromatic heterocycles. The molecule has 1 unspecified atom stereocenters. The summed E-state index contributed by atoms with van der Waals surface area (Å²) >= 11 is 5.73. The highest BCUT2D eigenvalue weighted by molar-refractivity contribution is 7.84. The summed E-state index contributed by atoms with van der Waals surface area (Å²) in [6, 6.07) is 1.62. The minimum Gasteiger partial charge on any atom is -0.363 e. The van der Waals surface area contributed by atoms with Gasteiger partial charge in [-0.15, -0.1) is 0 Å². The van der Waals surface area contributed by atoms with E-state index in [2.05, 4.69) is 9.97 Å². The van der Waals surface area contributed by atoms with E-state index >= 15 is 0 Å². The van der Waals surface area contributed by atoms with Crippen LogP contribution in [0.2, 0.25) is 5.15 Å². The minimum atomic E-state index is -1.20. The van der Waals surface area contributed by atoms with E-state index in [-0.39, 0.29) is 5.16 Å². The monoisotopic (exact) mass is 219 g/mol. The van der Waals surface area contributed by atoms with Crippen molar-refractivity contribution >= 4 is 28.2 Å². The Morgan fingerprint density at radius 2 is 2.08 bits per heavy atom. The lowest BCUT2D eigenvalue weighted by molar-refractivity contribution is 0.679. The Morgan fingerprint density at radius 1 is 1.46 bits per heavy atom. The van der Waals surface area contributed by atoms with Crippen molar-refractivity contribution in [3.8, 4) is 0 Å². The van der Waals surface area contributed by atoms with Crippen LogP contribution in [-0.2, 0) is 10.8 Å². The molecule has 0 aromatic carbocycles. The first-order valence-electron chi connectivity index (χ1n) is 3.56. The summed E-state index contributed by atoms with van der Waals surface area (Å²) in [6.07, 6.45) is 1.52. The summed E-state index contributed by atoms with van der Waals surface area (Å²) in [5.41, 5.74) is 0. The quantitative estimate of drug-likeness (QED) is 0.549. The SMILES string of the molecule is CN(C)c1cc(Cl)nc(S(C)=O)n1. The normalized spacial score (nSPS) is 12.6. The smallest absolute Gasteiger partial charge is 0.221 e. The average Bonchev–Trinajstić information content (AvgIpc) is 2.03. The van der Waals surface area contributed by atoms with Gasteiger partial charge in [-0.1, -0.05) is 11.6 Å². The average molecular weight is 220 g/mol. The maximum absolute atomic E-state index is 11.1. The maximum Gasteiger partial charge on any atom is 0.221 e. The van der Waals surface area contributed by atoms with Crippen molar-refractivity contribution in [1.82, 2.24) is 9.97 Å². The fourth-order valence-electron chi connectivity index (χ4n) is 0.743. The molecule has 0 fully saturated rings. The maximum atomic E-state index is 11.1. The molecular formula is C7H10ClN3OS. The van der Waals surface area contributed by atoms with Crippen LogP contribution in [0, 0.1) is 0 Å². The van der Waals surface area contributed by atoms with Crippen molar-refractivity contribution in [3.63, 3.8) is 0 Å². The molecule has 0 saturated heterocycles. The predicted octanol–water partition coefficient (Wildman–Crippen LogP) is 0.933. The highest BCUT2D eigenvalue weighted by Gasteiger charge is 2.07. The van der Waals surface area contributed by atoms with Gasteiger partial charge >= 0.3 is 0 Å². The Morgan fingerprint density at radius 3 is 2.54 bits per heavy atom. The number of hydrogen-bond donors (Lipinski definition) is 0. The molecular weight excluding hydrogens is 210 g/mol. The molecule has 0 N–H and O–H groups in total. The van der Waals surface area contributed by atoms with Crippen LogP contribution in [-0.4, -0.2) is 34.5 Å². The summed E-state index contributed by atoms with van der Waals surface area (Å²) in [4.78, 5) is 9.69. The molecule has 6 heteroatoms.